The van der Waals surface area contributed by atoms with Crippen molar-refractivity contribution in [3.63, 3.8) is 0 Å². The second-order valence-electron chi connectivity index (χ2n) is 5.49. The summed E-state index contributed by atoms with van der Waals surface area (Å²) in [6, 6.07) is 0. The summed E-state index contributed by atoms with van der Waals surface area (Å²) in [7, 11) is 0. The van der Waals surface area contributed by atoms with E-state index >= 15 is 0 Å². The molecule has 0 heterocycles. The number of carbonyl (C=O) groups is 2. The van der Waals surface area contributed by atoms with E-state index in [4.69, 9.17) is 5.11 Å². The summed E-state index contributed by atoms with van der Waals surface area (Å²) < 4.78 is 0. The Morgan fingerprint density at radius 1 is 1.06 bits per heavy atom. The summed E-state index contributed by atoms with van der Waals surface area (Å²) in [6.45, 7) is 5.90. The number of hydrogen-bond acceptors (Lipinski definition) is 2. The lowest BCUT2D eigenvalue weighted by Crippen LogP contribution is -2.43. The number of aliphatic carboxylic acids is 1. The van der Waals surface area contributed by atoms with Gasteiger partial charge in [0, 0.05) is 18.4 Å². The molecule has 0 aromatic rings. The first-order valence-electron chi connectivity index (χ1n) is 6.90. The molecule has 0 atom stereocenters. The molecule has 0 aromatic heterocycles. The number of carboxylic acid groups (broad SMARTS) is 1. The fourth-order valence-electron chi connectivity index (χ4n) is 1.81. The molecular formula is C14H27NO3. The van der Waals surface area contributed by atoms with Crippen LogP contribution in [0.25, 0.3) is 0 Å². The molecule has 0 aliphatic carbocycles. The van der Waals surface area contributed by atoms with E-state index in [2.05, 4.69) is 12.2 Å². The molecule has 0 aliphatic rings. The molecule has 0 unspecified atom stereocenters. The van der Waals surface area contributed by atoms with Gasteiger partial charge in [0.1, 0.15) is 0 Å². The second-order valence-corrected chi connectivity index (χ2v) is 5.49. The van der Waals surface area contributed by atoms with Crippen LogP contribution in [-0.4, -0.2) is 22.5 Å². The highest BCUT2D eigenvalue weighted by Gasteiger charge is 2.20. The third kappa shape index (κ3) is 10.1. The topological polar surface area (TPSA) is 66.4 Å². The van der Waals surface area contributed by atoms with Crippen molar-refractivity contribution in [3.05, 3.63) is 0 Å². The Bertz CT molecular complexity index is 262. The van der Waals surface area contributed by atoms with Gasteiger partial charge in [0.05, 0.1) is 0 Å². The van der Waals surface area contributed by atoms with Crippen LogP contribution >= 0.6 is 0 Å². The third-order valence-corrected chi connectivity index (χ3v) is 2.95. The molecule has 1 amide bonds. The number of carboxylic acids is 1. The van der Waals surface area contributed by atoms with Crippen LogP contribution in [0.5, 0.6) is 0 Å². The minimum Gasteiger partial charge on any atom is -0.481 e. The zero-order valence-corrected chi connectivity index (χ0v) is 11.9. The SMILES string of the molecule is CCCCCCCC(=O)NC(C)(C)CCC(=O)O. The van der Waals surface area contributed by atoms with E-state index in [9.17, 15) is 9.59 Å². The van der Waals surface area contributed by atoms with Crippen LogP contribution < -0.4 is 5.32 Å². The lowest BCUT2D eigenvalue weighted by molar-refractivity contribution is -0.137. The highest BCUT2D eigenvalue weighted by Crippen LogP contribution is 2.12. The van der Waals surface area contributed by atoms with E-state index < -0.39 is 11.5 Å². The number of amides is 1. The van der Waals surface area contributed by atoms with Crippen LogP contribution in [0.15, 0.2) is 0 Å². The molecule has 0 rings (SSSR count). The molecule has 2 N–H and O–H groups in total. The number of nitrogens with one attached hydrogen (secondary N) is 1. The van der Waals surface area contributed by atoms with Gasteiger partial charge in [-0.1, -0.05) is 32.6 Å². The summed E-state index contributed by atoms with van der Waals surface area (Å²) >= 11 is 0. The average molecular weight is 257 g/mol. The molecule has 18 heavy (non-hydrogen) atoms. The molecule has 0 spiro atoms. The Hall–Kier alpha value is -1.06. The van der Waals surface area contributed by atoms with Crippen LogP contribution in [0.3, 0.4) is 0 Å². The molecule has 0 fully saturated rings. The number of rotatable bonds is 10. The predicted molar refractivity (Wildman–Crippen MR) is 72.5 cm³/mol. The van der Waals surface area contributed by atoms with Crippen LogP contribution in [-0.2, 0) is 9.59 Å². The van der Waals surface area contributed by atoms with Crippen LogP contribution in [0, 0.1) is 0 Å². The first-order chi connectivity index (χ1) is 8.37. The highest BCUT2D eigenvalue weighted by molar-refractivity contribution is 5.76. The Labute approximate surface area is 110 Å². The van der Waals surface area contributed by atoms with Crippen molar-refractivity contribution in [1.82, 2.24) is 5.32 Å². The minimum absolute atomic E-state index is 0.0295. The van der Waals surface area contributed by atoms with Crippen LogP contribution in [0.4, 0.5) is 0 Å². The Morgan fingerprint density at radius 3 is 2.22 bits per heavy atom. The van der Waals surface area contributed by atoms with Gasteiger partial charge in [0.15, 0.2) is 0 Å². The van der Waals surface area contributed by atoms with Gasteiger partial charge in [0.25, 0.3) is 0 Å². The van der Waals surface area contributed by atoms with E-state index in [0.717, 1.165) is 12.8 Å². The molecule has 0 saturated heterocycles. The fourth-order valence-corrected chi connectivity index (χ4v) is 1.81. The van der Waals surface area contributed by atoms with E-state index in [-0.39, 0.29) is 12.3 Å². The number of carbonyl (C=O) groups excluding carboxylic acids is 1. The monoisotopic (exact) mass is 257 g/mol. The van der Waals surface area contributed by atoms with E-state index in [0.29, 0.717) is 12.8 Å². The highest BCUT2D eigenvalue weighted by atomic mass is 16.4. The van der Waals surface area contributed by atoms with Crippen molar-refractivity contribution in [3.8, 4) is 0 Å². The molecule has 0 aromatic carbocycles. The van der Waals surface area contributed by atoms with Crippen LogP contribution in [0.2, 0.25) is 0 Å². The predicted octanol–water partition coefficient (Wildman–Crippen LogP) is 3.11. The lowest BCUT2D eigenvalue weighted by atomic mass is 9.98. The first-order valence-corrected chi connectivity index (χ1v) is 6.90. The summed E-state index contributed by atoms with van der Waals surface area (Å²) in [6.07, 6.45) is 6.72. The lowest BCUT2D eigenvalue weighted by Gasteiger charge is -2.25. The van der Waals surface area contributed by atoms with Gasteiger partial charge in [-0.2, -0.15) is 0 Å². The molecule has 0 radical (unpaired) electrons. The van der Waals surface area contributed by atoms with Crippen molar-refractivity contribution < 1.29 is 14.7 Å². The zero-order chi connectivity index (χ0) is 14.0. The summed E-state index contributed by atoms with van der Waals surface area (Å²) in [5, 5.41) is 11.5. The standard InChI is InChI=1S/C14H27NO3/c1-4-5-6-7-8-9-12(16)15-14(2,3)11-10-13(17)18/h4-11H2,1-3H3,(H,15,16)(H,17,18). The largest absolute Gasteiger partial charge is 0.481 e. The average Bonchev–Trinajstić information content (AvgIpc) is 2.26. The first kappa shape index (κ1) is 16.9. The van der Waals surface area contributed by atoms with Crippen molar-refractivity contribution in [1.29, 1.82) is 0 Å². The van der Waals surface area contributed by atoms with E-state index in [1.165, 1.54) is 19.3 Å². The van der Waals surface area contributed by atoms with Gasteiger partial charge in [0.2, 0.25) is 5.91 Å². The van der Waals surface area contributed by atoms with Crippen molar-refractivity contribution in [2.24, 2.45) is 0 Å². The molecular weight excluding hydrogens is 230 g/mol. The zero-order valence-electron chi connectivity index (χ0n) is 11.9. The quantitative estimate of drug-likeness (QED) is 0.591. The van der Waals surface area contributed by atoms with Gasteiger partial charge in [-0.3, -0.25) is 9.59 Å². The Balaban J connectivity index is 3.74. The van der Waals surface area contributed by atoms with Gasteiger partial charge >= 0.3 is 5.97 Å². The maximum Gasteiger partial charge on any atom is 0.303 e. The maximum atomic E-state index is 11.7. The fraction of sp³-hybridized carbons (Fsp3) is 0.857. The maximum absolute atomic E-state index is 11.7. The number of unbranched alkanes of at least 4 members (excludes halogenated alkanes) is 4. The van der Waals surface area contributed by atoms with Crippen LogP contribution in [0.1, 0.15) is 72.1 Å². The minimum atomic E-state index is -0.822. The van der Waals surface area contributed by atoms with Gasteiger partial charge in [-0.05, 0) is 26.7 Å². The summed E-state index contributed by atoms with van der Waals surface area (Å²) in [5.74, 6) is -0.793. The molecule has 4 nitrogen and oxygen atoms in total. The molecule has 0 bridgehead atoms. The van der Waals surface area contributed by atoms with Gasteiger partial charge in [-0.15, -0.1) is 0 Å². The summed E-state index contributed by atoms with van der Waals surface area (Å²) in [5.41, 5.74) is -0.432. The molecule has 106 valence electrons. The van der Waals surface area contributed by atoms with Gasteiger partial charge < -0.3 is 10.4 Å². The second kappa shape index (κ2) is 8.95. The van der Waals surface area contributed by atoms with E-state index in [1.54, 1.807) is 0 Å². The molecule has 4 heteroatoms. The summed E-state index contributed by atoms with van der Waals surface area (Å²) in [4.78, 5) is 22.2. The smallest absolute Gasteiger partial charge is 0.303 e. The van der Waals surface area contributed by atoms with Crippen molar-refractivity contribution >= 4 is 11.9 Å². The van der Waals surface area contributed by atoms with Crippen molar-refractivity contribution in [2.45, 2.75) is 77.7 Å². The Kier molecular flexibility index (Phi) is 8.42. The molecule has 0 aliphatic heterocycles. The Morgan fingerprint density at radius 2 is 1.67 bits per heavy atom. The van der Waals surface area contributed by atoms with E-state index in [1.807, 2.05) is 13.8 Å². The third-order valence-electron chi connectivity index (χ3n) is 2.95. The molecule has 0 saturated carbocycles. The number of hydrogen-bond donors (Lipinski definition) is 2. The van der Waals surface area contributed by atoms with Crippen molar-refractivity contribution in [2.75, 3.05) is 0 Å². The normalized spacial score (nSPS) is 11.3. The van der Waals surface area contributed by atoms with Gasteiger partial charge in [-0.25, -0.2) is 0 Å².